The number of nitriles is 1. The first kappa shape index (κ1) is 7.62. The van der Waals surface area contributed by atoms with Crippen LogP contribution >= 0.6 is 0 Å². The molecule has 0 saturated carbocycles. The number of phenols is 1. The molecule has 0 aliphatic heterocycles. The van der Waals surface area contributed by atoms with Gasteiger partial charge in [0, 0.05) is 5.56 Å². The maximum Gasteiger partial charge on any atom is 0.120 e. The standard InChI is InChI=1S/C9H9NO/c1-6-3-8(5-10)7(2)9(11)4-6/h3-4,11H,1-2H3. The van der Waals surface area contributed by atoms with Crippen LogP contribution < -0.4 is 0 Å². The van der Waals surface area contributed by atoms with Crippen molar-refractivity contribution in [2.45, 2.75) is 13.8 Å². The molecule has 0 unspecified atom stereocenters. The molecule has 1 N–H and O–H groups in total. The maximum absolute atomic E-state index is 9.26. The molecule has 0 bridgehead atoms. The average Bonchev–Trinajstić information content (AvgIpc) is 1.96. The zero-order chi connectivity index (χ0) is 8.43. The minimum absolute atomic E-state index is 0.196. The van der Waals surface area contributed by atoms with E-state index in [4.69, 9.17) is 5.26 Å². The summed E-state index contributed by atoms with van der Waals surface area (Å²) in [6.45, 7) is 3.58. The highest BCUT2D eigenvalue weighted by molar-refractivity contribution is 5.47. The molecule has 0 saturated heterocycles. The molecule has 0 fully saturated rings. The molecule has 0 radical (unpaired) electrons. The number of rotatable bonds is 0. The molecule has 2 heteroatoms. The van der Waals surface area contributed by atoms with Crippen LogP contribution in [0.5, 0.6) is 5.75 Å². The SMILES string of the molecule is Cc1cc(O)c(C)c(C#N)c1. The number of nitrogens with zero attached hydrogens (tertiary/aromatic N) is 1. The average molecular weight is 147 g/mol. The predicted octanol–water partition coefficient (Wildman–Crippen LogP) is 1.88. The zero-order valence-corrected chi connectivity index (χ0v) is 6.55. The monoisotopic (exact) mass is 147 g/mol. The van der Waals surface area contributed by atoms with Gasteiger partial charge in [0.05, 0.1) is 11.6 Å². The molecule has 0 aliphatic rings. The van der Waals surface area contributed by atoms with Crippen molar-refractivity contribution in [2.24, 2.45) is 0 Å². The van der Waals surface area contributed by atoms with Gasteiger partial charge in [0.15, 0.2) is 0 Å². The van der Waals surface area contributed by atoms with Crippen molar-refractivity contribution in [2.75, 3.05) is 0 Å². The van der Waals surface area contributed by atoms with Crippen LogP contribution in [0.4, 0.5) is 0 Å². The minimum atomic E-state index is 0.196. The molecule has 0 amide bonds. The molecule has 1 rings (SSSR count). The van der Waals surface area contributed by atoms with Gasteiger partial charge in [-0.1, -0.05) is 0 Å². The fraction of sp³-hybridized carbons (Fsp3) is 0.222. The van der Waals surface area contributed by atoms with Gasteiger partial charge in [-0.05, 0) is 31.5 Å². The van der Waals surface area contributed by atoms with Crippen LogP contribution in [0.2, 0.25) is 0 Å². The number of hydrogen-bond donors (Lipinski definition) is 1. The maximum atomic E-state index is 9.26. The van der Waals surface area contributed by atoms with Crippen molar-refractivity contribution < 1.29 is 5.11 Å². The molecular formula is C9H9NO. The molecule has 1 aromatic carbocycles. The molecule has 2 nitrogen and oxygen atoms in total. The Balaban J connectivity index is 3.39. The summed E-state index contributed by atoms with van der Waals surface area (Å²) in [5, 5.41) is 17.9. The van der Waals surface area contributed by atoms with Crippen LogP contribution in [0.15, 0.2) is 12.1 Å². The Labute approximate surface area is 65.7 Å². The quantitative estimate of drug-likeness (QED) is 0.608. The molecule has 11 heavy (non-hydrogen) atoms. The molecule has 0 atom stereocenters. The van der Waals surface area contributed by atoms with Gasteiger partial charge >= 0.3 is 0 Å². The number of aryl methyl sites for hydroxylation is 1. The van der Waals surface area contributed by atoms with Gasteiger partial charge in [-0.15, -0.1) is 0 Å². The van der Waals surface area contributed by atoms with Gasteiger partial charge in [0.1, 0.15) is 5.75 Å². The normalized spacial score (nSPS) is 9.18. The number of phenolic OH excluding ortho intramolecular Hbond substituents is 1. The molecular weight excluding hydrogens is 138 g/mol. The van der Waals surface area contributed by atoms with E-state index in [9.17, 15) is 5.11 Å². The first-order valence-corrected chi connectivity index (χ1v) is 3.35. The van der Waals surface area contributed by atoms with Gasteiger partial charge < -0.3 is 5.11 Å². The third-order valence-electron chi connectivity index (χ3n) is 1.65. The lowest BCUT2D eigenvalue weighted by Gasteiger charge is -2.01. The highest BCUT2D eigenvalue weighted by Crippen LogP contribution is 2.21. The second-order valence-corrected chi connectivity index (χ2v) is 2.57. The van der Waals surface area contributed by atoms with Crippen LogP contribution in [-0.4, -0.2) is 5.11 Å². The molecule has 0 spiro atoms. The largest absolute Gasteiger partial charge is 0.508 e. The summed E-state index contributed by atoms with van der Waals surface area (Å²) < 4.78 is 0. The first-order chi connectivity index (χ1) is 5.15. The Kier molecular flexibility index (Phi) is 1.82. The third-order valence-corrected chi connectivity index (χ3v) is 1.65. The van der Waals surface area contributed by atoms with Gasteiger partial charge in [-0.3, -0.25) is 0 Å². The van der Waals surface area contributed by atoms with E-state index in [-0.39, 0.29) is 5.75 Å². The van der Waals surface area contributed by atoms with Gasteiger partial charge in [-0.2, -0.15) is 5.26 Å². The van der Waals surface area contributed by atoms with Crippen LogP contribution in [0, 0.1) is 25.2 Å². The smallest absolute Gasteiger partial charge is 0.120 e. The van der Waals surface area contributed by atoms with Crippen molar-refractivity contribution >= 4 is 0 Å². The van der Waals surface area contributed by atoms with Gasteiger partial charge in [-0.25, -0.2) is 0 Å². The molecule has 0 aromatic heterocycles. The minimum Gasteiger partial charge on any atom is -0.508 e. The van der Waals surface area contributed by atoms with E-state index < -0.39 is 0 Å². The summed E-state index contributed by atoms with van der Waals surface area (Å²) in [6, 6.07) is 5.42. The lowest BCUT2D eigenvalue weighted by Crippen LogP contribution is -1.84. The lowest BCUT2D eigenvalue weighted by molar-refractivity contribution is 0.470. The topological polar surface area (TPSA) is 44.0 Å². The second kappa shape index (κ2) is 2.63. The summed E-state index contributed by atoms with van der Waals surface area (Å²) in [5.74, 6) is 0.196. The van der Waals surface area contributed by atoms with Crippen LogP contribution in [0.1, 0.15) is 16.7 Å². The zero-order valence-electron chi connectivity index (χ0n) is 6.55. The lowest BCUT2D eigenvalue weighted by atomic mass is 10.1. The van der Waals surface area contributed by atoms with E-state index in [1.54, 1.807) is 19.1 Å². The Hall–Kier alpha value is -1.49. The van der Waals surface area contributed by atoms with Crippen molar-refractivity contribution in [1.29, 1.82) is 5.26 Å². The van der Waals surface area contributed by atoms with E-state index in [1.807, 2.05) is 13.0 Å². The molecule has 56 valence electrons. The van der Waals surface area contributed by atoms with Crippen LogP contribution in [0.3, 0.4) is 0 Å². The number of aromatic hydroxyl groups is 1. The Bertz CT molecular complexity index is 323. The van der Waals surface area contributed by atoms with Crippen molar-refractivity contribution in [3.8, 4) is 11.8 Å². The second-order valence-electron chi connectivity index (χ2n) is 2.57. The van der Waals surface area contributed by atoms with E-state index in [2.05, 4.69) is 0 Å². The van der Waals surface area contributed by atoms with Gasteiger partial charge in [0.2, 0.25) is 0 Å². The Morgan fingerprint density at radius 2 is 2.00 bits per heavy atom. The third kappa shape index (κ3) is 1.32. The highest BCUT2D eigenvalue weighted by atomic mass is 16.3. The molecule has 0 aliphatic carbocycles. The Morgan fingerprint density at radius 1 is 1.36 bits per heavy atom. The summed E-state index contributed by atoms with van der Waals surface area (Å²) in [6.07, 6.45) is 0. The van der Waals surface area contributed by atoms with E-state index in [0.717, 1.165) is 5.56 Å². The van der Waals surface area contributed by atoms with Crippen LogP contribution in [0.25, 0.3) is 0 Å². The molecule has 1 aromatic rings. The number of benzene rings is 1. The van der Waals surface area contributed by atoms with Gasteiger partial charge in [0.25, 0.3) is 0 Å². The Morgan fingerprint density at radius 3 is 2.55 bits per heavy atom. The summed E-state index contributed by atoms with van der Waals surface area (Å²) in [7, 11) is 0. The fourth-order valence-corrected chi connectivity index (χ4v) is 0.956. The number of hydrogen-bond acceptors (Lipinski definition) is 2. The molecule has 0 heterocycles. The van der Waals surface area contributed by atoms with E-state index in [1.165, 1.54) is 0 Å². The fourth-order valence-electron chi connectivity index (χ4n) is 0.956. The highest BCUT2D eigenvalue weighted by Gasteiger charge is 2.02. The summed E-state index contributed by atoms with van der Waals surface area (Å²) >= 11 is 0. The van der Waals surface area contributed by atoms with Crippen molar-refractivity contribution in [3.05, 3.63) is 28.8 Å². The van der Waals surface area contributed by atoms with Crippen LogP contribution in [-0.2, 0) is 0 Å². The van der Waals surface area contributed by atoms with E-state index in [0.29, 0.717) is 11.1 Å². The van der Waals surface area contributed by atoms with Crippen molar-refractivity contribution in [1.82, 2.24) is 0 Å². The summed E-state index contributed by atoms with van der Waals surface area (Å²) in [4.78, 5) is 0. The van der Waals surface area contributed by atoms with Crippen molar-refractivity contribution in [3.63, 3.8) is 0 Å². The predicted molar refractivity (Wildman–Crippen MR) is 42.3 cm³/mol. The summed E-state index contributed by atoms with van der Waals surface area (Å²) in [5.41, 5.74) is 2.10. The first-order valence-electron chi connectivity index (χ1n) is 3.35. The van der Waals surface area contributed by atoms with E-state index >= 15 is 0 Å².